The van der Waals surface area contributed by atoms with Gasteiger partial charge in [-0.05, 0) is 31.4 Å². The van der Waals surface area contributed by atoms with E-state index >= 15 is 0 Å². The molecule has 0 unspecified atom stereocenters. The van der Waals surface area contributed by atoms with Crippen LogP contribution < -0.4 is 5.73 Å². The van der Waals surface area contributed by atoms with E-state index in [-0.39, 0.29) is 0 Å². The lowest BCUT2D eigenvalue weighted by Gasteiger charge is -2.31. The number of rotatable bonds is 2. The molecule has 2 aromatic rings. The molecule has 3 heteroatoms. The zero-order valence-electron chi connectivity index (χ0n) is 10.5. The number of benzene rings is 1. The number of hydrogen-bond donors (Lipinski definition) is 1. The minimum absolute atomic E-state index is 0.334. The molecule has 1 heterocycles. The van der Waals surface area contributed by atoms with Gasteiger partial charge in [-0.3, -0.25) is 0 Å². The molecule has 18 heavy (non-hydrogen) atoms. The van der Waals surface area contributed by atoms with Crippen LogP contribution in [0.1, 0.15) is 30.1 Å². The van der Waals surface area contributed by atoms with Crippen molar-refractivity contribution in [3.63, 3.8) is 0 Å². The van der Waals surface area contributed by atoms with Crippen molar-refractivity contribution in [2.75, 3.05) is 0 Å². The number of hydrogen-bond acceptors (Lipinski definition) is 3. The van der Waals surface area contributed by atoms with Gasteiger partial charge in [-0.2, -0.15) is 0 Å². The van der Waals surface area contributed by atoms with Gasteiger partial charge in [0.25, 0.3) is 0 Å². The summed E-state index contributed by atoms with van der Waals surface area (Å²) < 4.78 is 0. The third kappa shape index (κ3) is 2.02. The molecule has 3 rings (SSSR count). The van der Waals surface area contributed by atoms with E-state index in [1.165, 1.54) is 11.1 Å². The third-order valence-electron chi connectivity index (χ3n) is 3.63. The van der Waals surface area contributed by atoms with Crippen LogP contribution in [0.15, 0.2) is 36.5 Å². The van der Waals surface area contributed by atoms with Gasteiger partial charge >= 0.3 is 0 Å². The lowest BCUT2D eigenvalue weighted by Crippen LogP contribution is -2.35. The fraction of sp³-hybridized carbons (Fsp3) is 0.333. The topological polar surface area (TPSA) is 51.8 Å². The summed E-state index contributed by atoms with van der Waals surface area (Å²) in [4.78, 5) is 9.08. The molecule has 0 atom stereocenters. The van der Waals surface area contributed by atoms with Crippen LogP contribution in [-0.2, 0) is 0 Å². The molecule has 0 saturated heterocycles. The normalized spacial score (nSPS) is 22.6. The monoisotopic (exact) mass is 239 g/mol. The molecule has 1 aromatic carbocycles. The average Bonchev–Trinajstić information content (AvgIpc) is 2.36. The van der Waals surface area contributed by atoms with Gasteiger partial charge in [0.1, 0.15) is 5.82 Å². The van der Waals surface area contributed by atoms with E-state index in [1.54, 1.807) is 0 Å². The second-order valence-corrected chi connectivity index (χ2v) is 5.04. The number of aromatic nitrogens is 2. The summed E-state index contributed by atoms with van der Waals surface area (Å²) in [6.45, 7) is 2.11. The van der Waals surface area contributed by atoms with Gasteiger partial charge in [0, 0.05) is 23.7 Å². The van der Waals surface area contributed by atoms with Gasteiger partial charge in [0.15, 0.2) is 0 Å². The zero-order chi connectivity index (χ0) is 12.5. The highest BCUT2D eigenvalue weighted by Gasteiger charge is 2.29. The molecule has 0 radical (unpaired) electrons. The molecule has 1 aliphatic carbocycles. The second kappa shape index (κ2) is 4.50. The van der Waals surface area contributed by atoms with Gasteiger partial charge in [-0.1, -0.05) is 24.3 Å². The molecule has 1 aromatic heterocycles. The van der Waals surface area contributed by atoms with Crippen LogP contribution in [0.5, 0.6) is 0 Å². The van der Waals surface area contributed by atoms with Crippen LogP contribution in [0.4, 0.5) is 0 Å². The summed E-state index contributed by atoms with van der Waals surface area (Å²) in [5.41, 5.74) is 9.26. The van der Waals surface area contributed by atoms with E-state index in [4.69, 9.17) is 10.7 Å². The Morgan fingerprint density at radius 3 is 2.67 bits per heavy atom. The standard InChI is InChI=1S/C15H17N3/c1-10-4-2-3-5-13(10)14-6-7-17-15(18-14)11-8-12(16)9-11/h2-7,11-12H,8-9,16H2,1H3. The summed E-state index contributed by atoms with van der Waals surface area (Å²) in [5, 5.41) is 0. The van der Waals surface area contributed by atoms with Crippen LogP contribution in [0.2, 0.25) is 0 Å². The average molecular weight is 239 g/mol. The van der Waals surface area contributed by atoms with Crippen molar-refractivity contribution in [2.24, 2.45) is 5.73 Å². The van der Waals surface area contributed by atoms with Gasteiger partial charge in [-0.15, -0.1) is 0 Å². The number of nitrogens with two attached hydrogens (primary N) is 1. The SMILES string of the molecule is Cc1ccccc1-c1ccnc(C2CC(N)C2)n1. The first-order chi connectivity index (χ1) is 8.74. The number of aryl methyl sites for hydroxylation is 1. The van der Waals surface area contributed by atoms with Gasteiger partial charge in [0.05, 0.1) is 5.69 Å². The second-order valence-electron chi connectivity index (χ2n) is 5.04. The Morgan fingerprint density at radius 1 is 1.17 bits per heavy atom. The summed E-state index contributed by atoms with van der Waals surface area (Å²) in [6, 6.07) is 10.6. The fourth-order valence-electron chi connectivity index (χ4n) is 2.45. The molecule has 2 N–H and O–H groups in total. The zero-order valence-corrected chi connectivity index (χ0v) is 10.5. The first kappa shape index (κ1) is 11.4. The molecule has 0 bridgehead atoms. The quantitative estimate of drug-likeness (QED) is 0.876. The van der Waals surface area contributed by atoms with E-state index in [9.17, 15) is 0 Å². The van der Waals surface area contributed by atoms with E-state index in [0.29, 0.717) is 12.0 Å². The number of nitrogens with zero attached hydrogens (tertiary/aromatic N) is 2. The molecule has 92 valence electrons. The maximum absolute atomic E-state index is 5.82. The molecule has 0 spiro atoms. The first-order valence-corrected chi connectivity index (χ1v) is 6.38. The van der Waals surface area contributed by atoms with Crippen molar-refractivity contribution < 1.29 is 0 Å². The largest absolute Gasteiger partial charge is 0.328 e. The molecule has 0 aliphatic heterocycles. The summed E-state index contributed by atoms with van der Waals surface area (Å²) in [7, 11) is 0. The van der Waals surface area contributed by atoms with E-state index in [0.717, 1.165) is 24.4 Å². The molecule has 3 nitrogen and oxygen atoms in total. The Hall–Kier alpha value is -1.74. The van der Waals surface area contributed by atoms with Crippen LogP contribution >= 0.6 is 0 Å². The fourth-order valence-corrected chi connectivity index (χ4v) is 2.45. The predicted molar refractivity (Wildman–Crippen MR) is 72.2 cm³/mol. The maximum Gasteiger partial charge on any atom is 0.132 e. The molecule has 1 saturated carbocycles. The minimum atomic E-state index is 0.334. The van der Waals surface area contributed by atoms with Gasteiger partial charge in [0.2, 0.25) is 0 Å². The Kier molecular flexibility index (Phi) is 2.84. The Labute approximate surface area is 107 Å². The summed E-state index contributed by atoms with van der Waals surface area (Å²) in [5.74, 6) is 1.39. The highest BCUT2D eigenvalue weighted by molar-refractivity contribution is 5.62. The van der Waals surface area contributed by atoms with E-state index < -0.39 is 0 Å². The minimum Gasteiger partial charge on any atom is -0.328 e. The van der Waals surface area contributed by atoms with Gasteiger partial charge in [-0.25, -0.2) is 9.97 Å². The predicted octanol–water partition coefficient (Wildman–Crippen LogP) is 2.66. The van der Waals surface area contributed by atoms with Crippen LogP contribution in [0, 0.1) is 6.92 Å². The molecule has 1 fully saturated rings. The van der Waals surface area contributed by atoms with Crippen molar-refractivity contribution in [1.29, 1.82) is 0 Å². The Bertz CT molecular complexity index is 559. The Morgan fingerprint density at radius 2 is 1.94 bits per heavy atom. The van der Waals surface area contributed by atoms with Crippen molar-refractivity contribution in [1.82, 2.24) is 9.97 Å². The van der Waals surface area contributed by atoms with Crippen molar-refractivity contribution in [3.8, 4) is 11.3 Å². The summed E-state index contributed by atoms with van der Waals surface area (Å²) in [6.07, 6.45) is 3.88. The van der Waals surface area contributed by atoms with Crippen molar-refractivity contribution in [3.05, 3.63) is 47.9 Å². The lowest BCUT2D eigenvalue weighted by atomic mass is 9.80. The maximum atomic E-state index is 5.82. The lowest BCUT2D eigenvalue weighted by molar-refractivity contribution is 0.338. The first-order valence-electron chi connectivity index (χ1n) is 6.38. The highest BCUT2D eigenvalue weighted by Crippen LogP contribution is 2.34. The Balaban J connectivity index is 1.94. The molecule has 0 amide bonds. The molecular weight excluding hydrogens is 222 g/mol. The highest BCUT2D eigenvalue weighted by atomic mass is 14.9. The molecular formula is C15H17N3. The van der Waals surface area contributed by atoms with Crippen molar-refractivity contribution >= 4 is 0 Å². The van der Waals surface area contributed by atoms with Crippen molar-refractivity contribution in [2.45, 2.75) is 31.7 Å². The third-order valence-corrected chi connectivity index (χ3v) is 3.63. The van der Waals surface area contributed by atoms with E-state index in [2.05, 4.69) is 24.0 Å². The van der Waals surface area contributed by atoms with Gasteiger partial charge < -0.3 is 5.73 Å². The van der Waals surface area contributed by atoms with E-state index in [1.807, 2.05) is 24.4 Å². The molecule has 1 aliphatic rings. The van der Waals surface area contributed by atoms with Crippen LogP contribution in [0.3, 0.4) is 0 Å². The summed E-state index contributed by atoms with van der Waals surface area (Å²) >= 11 is 0. The van der Waals surface area contributed by atoms with Crippen LogP contribution in [-0.4, -0.2) is 16.0 Å². The smallest absolute Gasteiger partial charge is 0.132 e. The van der Waals surface area contributed by atoms with Crippen LogP contribution in [0.25, 0.3) is 11.3 Å².